The van der Waals surface area contributed by atoms with E-state index in [0.29, 0.717) is 46.0 Å². The Morgan fingerprint density at radius 3 is 2.66 bits per heavy atom. The molecule has 3 aromatic rings. The van der Waals surface area contributed by atoms with Gasteiger partial charge in [0.2, 0.25) is 5.91 Å². The van der Waals surface area contributed by atoms with Crippen molar-refractivity contribution in [2.75, 3.05) is 18.4 Å². The molecule has 1 aliphatic heterocycles. The van der Waals surface area contributed by atoms with E-state index in [1.54, 1.807) is 23.1 Å². The first-order valence-electron chi connectivity index (χ1n) is 11.4. The lowest BCUT2D eigenvalue weighted by molar-refractivity contribution is -0.119. The number of thiophene rings is 1. The molecular formula is C24H24FN5O4S. The number of urea groups is 1. The molecule has 2 fully saturated rings. The minimum Gasteiger partial charge on any atom is -0.453 e. The average molecular weight is 498 g/mol. The number of fused-ring (bicyclic) bond motifs is 1. The Labute approximate surface area is 204 Å². The molecule has 1 aromatic carbocycles. The molecule has 11 heteroatoms. The number of aromatic nitrogens is 1. The van der Waals surface area contributed by atoms with E-state index in [1.165, 1.54) is 36.6 Å². The normalized spacial score (nSPS) is 17.3. The van der Waals surface area contributed by atoms with Crippen molar-refractivity contribution < 1.29 is 23.5 Å². The number of benzene rings is 1. The zero-order chi connectivity index (χ0) is 24.5. The van der Waals surface area contributed by atoms with Gasteiger partial charge in [-0.2, -0.15) is 0 Å². The fourth-order valence-corrected chi connectivity index (χ4v) is 5.00. The van der Waals surface area contributed by atoms with Crippen LogP contribution >= 0.6 is 11.3 Å². The van der Waals surface area contributed by atoms with Gasteiger partial charge in [-0.1, -0.05) is 0 Å². The Morgan fingerprint density at radius 1 is 1.09 bits per heavy atom. The Balaban J connectivity index is 1.30. The van der Waals surface area contributed by atoms with Crippen molar-refractivity contribution in [2.24, 2.45) is 0 Å². The predicted molar refractivity (Wildman–Crippen MR) is 129 cm³/mol. The van der Waals surface area contributed by atoms with Gasteiger partial charge < -0.3 is 25.6 Å². The molecular weight excluding hydrogens is 473 g/mol. The summed E-state index contributed by atoms with van der Waals surface area (Å²) in [5.74, 6) is -0.520. The van der Waals surface area contributed by atoms with E-state index in [-0.39, 0.29) is 35.7 Å². The van der Waals surface area contributed by atoms with E-state index < -0.39 is 5.82 Å². The number of carbonyl (C=O) groups is 3. The van der Waals surface area contributed by atoms with Gasteiger partial charge in [0.25, 0.3) is 5.91 Å². The van der Waals surface area contributed by atoms with E-state index in [1.807, 2.05) is 0 Å². The van der Waals surface area contributed by atoms with E-state index >= 15 is 0 Å². The quantitative estimate of drug-likeness (QED) is 0.479. The first-order chi connectivity index (χ1) is 16.9. The molecule has 4 amide bonds. The number of nitrogens with one attached hydrogen (secondary N) is 3. The number of halogens is 1. The van der Waals surface area contributed by atoms with Crippen molar-refractivity contribution in [3.05, 3.63) is 47.2 Å². The molecule has 2 aromatic heterocycles. The van der Waals surface area contributed by atoms with Crippen LogP contribution in [-0.2, 0) is 4.79 Å². The number of pyridine rings is 1. The molecule has 1 unspecified atom stereocenters. The van der Waals surface area contributed by atoms with Crippen LogP contribution in [0, 0.1) is 5.82 Å². The summed E-state index contributed by atoms with van der Waals surface area (Å²) in [5.41, 5.74) is 0.893. The summed E-state index contributed by atoms with van der Waals surface area (Å²) in [6.07, 6.45) is 4.16. The summed E-state index contributed by atoms with van der Waals surface area (Å²) < 4.78 is 21.2. The van der Waals surface area contributed by atoms with E-state index in [0.717, 1.165) is 12.8 Å². The van der Waals surface area contributed by atoms with Crippen molar-refractivity contribution >= 4 is 45.1 Å². The average Bonchev–Trinajstić information content (AvgIpc) is 3.31. The number of ether oxygens (including phenoxy) is 1. The molecule has 0 spiro atoms. The molecule has 0 bridgehead atoms. The molecule has 9 nitrogen and oxygen atoms in total. The Morgan fingerprint density at radius 2 is 1.91 bits per heavy atom. The maximum Gasteiger partial charge on any atom is 0.319 e. The first-order valence-corrected chi connectivity index (χ1v) is 12.2. The second-order valence-electron chi connectivity index (χ2n) is 8.69. The van der Waals surface area contributed by atoms with Gasteiger partial charge in [0.05, 0.1) is 15.1 Å². The molecule has 5 rings (SSSR count). The molecule has 1 saturated carbocycles. The number of hydrogen-bond donors (Lipinski definition) is 3. The van der Waals surface area contributed by atoms with E-state index in [9.17, 15) is 18.8 Å². The number of carbonyl (C=O) groups excluding carboxylic acids is 3. The van der Waals surface area contributed by atoms with Gasteiger partial charge in [0, 0.05) is 56.1 Å². The van der Waals surface area contributed by atoms with Gasteiger partial charge in [-0.25, -0.2) is 9.18 Å². The number of amides is 4. The van der Waals surface area contributed by atoms with Crippen LogP contribution in [0.2, 0.25) is 0 Å². The third-order valence-electron chi connectivity index (χ3n) is 5.79. The monoisotopic (exact) mass is 497 g/mol. The van der Waals surface area contributed by atoms with Gasteiger partial charge in [0.15, 0.2) is 11.6 Å². The summed E-state index contributed by atoms with van der Waals surface area (Å²) in [6, 6.07) is 7.29. The van der Waals surface area contributed by atoms with Crippen LogP contribution in [0.25, 0.3) is 10.2 Å². The second-order valence-corrected chi connectivity index (χ2v) is 9.74. The topological polar surface area (TPSA) is 113 Å². The summed E-state index contributed by atoms with van der Waals surface area (Å²) in [7, 11) is 0. The number of rotatable bonds is 6. The van der Waals surface area contributed by atoms with Crippen LogP contribution < -0.4 is 20.7 Å². The summed E-state index contributed by atoms with van der Waals surface area (Å²) in [6.45, 7) is 2.47. The zero-order valence-electron chi connectivity index (χ0n) is 19.0. The molecule has 3 N–H and O–H groups in total. The molecule has 1 aliphatic carbocycles. The zero-order valence-corrected chi connectivity index (χ0v) is 19.8. The van der Waals surface area contributed by atoms with Crippen LogP contribution in [0.1, 0.15) is 35.9 Å². The van der Waals surface area contributed by atoms with Crippen molar-refractivity contribution in [2.45, 2.75) is 38.3 Å². The van der Waals surface area contributed by atoms with Gasteiger partial charge >= 0.3 is 6.03 Å². The Kier molecular flexibility index (Phi) is 6.25. The number of likely N-dealkylation sites (tertiary alicyclic amines) is 1. The lowest BCUT2D eigenvalue weighted by atomic mass is 10.2. The number of anilines is 1. The molecule has 35 heavy (non-hydrogen) atoms. The minimum atomic E-state index is -0.631. The van der Waals surface area contributed by atoms with Gasteiger partial charge in [-0.3, -0.25) is 14.6 Å². The van der Waals surface area contributed by atoms with Crippen LogP contribution in [-0.4, -0.2) is 52.9 Å². The maximum atomic E-state index is 14.7. The van der Waals surface area contributed by atoms with Gasteiger partial charge in [-0.05, 0) is 37.5 Å². The van der Waals surface area contributed by atoms with Crippen molar-refractivity contribution in [1.29, 1.82) is 0 Å². The van der Waals surface area contributed by atoms with Gasteiger partial charge in [0.1, 0.15) is 5.75 Å². The van der Waals surface area contributed by atoms with Crippen LogP contribution in [0.3, 0.4) is 0 Å². The van der Waals surface area contributed by atoms with Crippen LogP contribution in [0.15, 0.2) is 36.5 Å². The summed E-state index contributed by atoms with van der Waals surface area (Å²) in [5, 5.41) is 8.24. The second kappa shape index (κ2) is 9.49. The van der Waals surface area contributed by atoms with Crippen molar-refractivity contribution in [3.8, 4) is 11.5 Å². The summed E-state index contributed by atoms with van der Waals surface area (Å²) >= 11 is 1.23. The third-order valence-corrected chi connectivity index (χ3v) is 6.92. The van der Waals surface area contributed by atoms with Crippen LogP contribution in [0.4, 0.5) is 14.9 Å². The highest BCUT2D eigenvalue weighted by Crippen LogP contribution is 2.36. The molecule has 3 heterocycles. The van der Waals surface area contributed by atoms with Crippen molar-refractivity contribution in [1.82, 2.24) is 20.5 Å². The Bertz CT molecular complexity index is 1310. The number of hydrogen-bond acceptors (Lipinski definition) is 6. The SMILES string of the molecule is CC(=O)NC1CCN(C(=O)c2cc3nccc(Oc4ccc(NC(=O)NC5CC5)cc4F)c3s2)C1. The van der Waals surface area contributed by atoms with Crippen molar-refractivity contribution in [3.63, 3.8) is 0 Å². The minimum absolute atomic E-state index is 0.00961. The molecule has 2 aliphatic rings. The molecule has 1 saturated heterocycles. The highest BCUT2D eigenvalue weighted by atomic mass is 32.1. The highest BCUT2D eigenvalue weighted by Gasteiger charge is 2.29. The van der Waals surface area contributed by atoms with Crippen LogP contribution in [0.5, 0.6) is 11.5 Å². The fourth-order valence-electron chi connectivity index (χ4n) is 3.97. The predicted octanol–water partition coefficient (Wildman–Crippen LogP) is 3.86. The molecule has 0 radical (unpaired) electrons. The number of nitrogens with zero attached hydrogens (tertiary/aromatic N) is 2. The summed E-state index contributed by atoms with van der Waals surface area (Å²) in [4.78, 5) is 42.7. The fraction of sp³-hybridized carbons (Fsp3) is 0.333. The maximum absolute atomic E-state index is 14.7. The largest absolute Gasteiger partial charge is 0.453 e. The Hall–Kier alpha value is -3.73. The standard InChI is InChI=1S/C24H24FN5O4S/c1-13(31)27-16-7-9-30(12-16)23(32)21-11-18-22(35-21)20(6-8-26-18)34-19-5-4-15(10-17(19)25)29-24(33)28-14-2-3-14/h4-6,8,10-11,14,16H,2-3,7,9,12H2,1H3,(H,27,31)(H2,28,29,33). The third kappa shape index (κ3) is 5.35. The highest BCUT2D eigenvalue weighted by molar-refractivity contribution is 7.21. The first kappa shape index (κ1) is 23.0. The molecule has 1 atom stereocenters. The van der Waals surface area contributed by atoms with E-state index in [4.69, 9.17) is 4.74 Å². The van der Waals surface area contributed by atoms with Gasteiger partial charge in [-0.15, -0.1) is 11.3 Å². The molecule has 182 valence electrons. The lowest BCUT2D eigenvalue weighted by Gasteiger charge is -2.15. The van der Waals surface area contributed by atoms with E-state index in [2.05, 4.69) is 20.9 Å². The lowest BCUT2D eigenvalue weighted by Crippen LogP contribution is -2.37. The smallest absolute Gasteiger partial charge is 0.319 e.